The minimum atomic E-state index is 0.105. The molecule has 1 N–H and O–H groups in total. The van der Waals surface area contributed by atoms with Crippen molar-refractivity contribution in [2.45, 2.75) is 37.8 Å². The molecule has 0 atom stereocenters. The van der Waals surface area contributed by atoms with Crippen molar-refractivity contribution in [2.24, 2.45) is 0 Å². The van der Waals surface area contributed by atoms with Crippen molar-refractivity contribution in [3.63, 3.8) is 0 Å². The molecule has 21 heavy (non-hydrogen) atoms. The number of hydrogen-bond donors (Lipinski definition) is 1. The fourth-order valence-corrected chi connectivity index (χ4v) is 2.12. The second-order valence-electron chi connectivity index (χ2n) is 5.89. The first-order valence-electron chi connectivity index (χ1n) is 6.98. The zero-order valence-electron chi connectivity index (χ0n) is 13.0. The van der Waals surface area contributed by atoms with E-state index in [0.717, 1.165) is 17.9 Å². The van der Waals surface area contributed by atoms with E-state index in [2.05, 4.69) is 37.3 Å². The average molecular weight is 302 g/mol. The fourth-order valence-electron chi connectivity index (χ4n) is 1.71. The third-order valence-corrected chi connectivity index (χ3v) is 3.65. The van der Waals surface area contributed by atoms with Crippen LogP contribution in [0.15, 0.2) is 47.5 Å². The molecule has 112 valence electrons. The third kappa shape index (κ3) is 5.40. The van der Waals surface area contributed by atoms with Gasteiger partial charge < -0.3 is 10.1 Å². The molecule has 1 aromatic heterocycles. The largest absolute Gasteiger partial charge is 0.439 e. The van der Waals surface area contributed by atoms with Crippen molar-refractivity contribution in [3.05, 3.63) is 48.2 Å². The Kier molecular flexibility index (Phi) is 5.26. The lowest BCUT2D eigenvalue weighted by molar-refractivity contribution is 0.423. The van der Waals surface area contributed by atoms with E-state index in [-0.39, 0.29) is 5.54 Å². The van der Waals surface area contributed by atoms with E-state index in [4.69, 9.17) is 4.74 Å². The highest BCUT2D eigenvalue weighted by molar-refractivity contribution is 7.98. The molecule has 0 radical (unpaired) electrons. The molecule has 0 aliphatic rings. The molecule has 4 heteroatoms. The number of nitrogens with zero attached hydrogens (tertiary/aromatic N) is 1. The predicted octanol–water partition coefficient (Wildman–Crippen LogP) is 4.48. The first-order valence-corrected chi connectivity index (χ1v) is 8.21. The number of thioether (sulfide) groups is 1. The van der Waals surface area contributed by atoms with Crippen LogP contribution in [0.1, 0.15) is 26.3 Å². The Labute approximate surface area is 131 Å². The van der Waals surface area contributed by atoms with Crippen molar-refractivity contribution in [2.75, 3.05) is 6.26 Å². The van der Waals surface area contributed by atoms with Crippen LogP contribution < -0.4 is 10.1 Å². The van der Waals surface area contributed by atoms with Crippen LogP contribution in [0, 0.1) is 0 Å². The molecule has 0 saturated heterocycles. The Morgan fingerprint density at radius 2 is 1.81 bits per heavy atom. The lowest BCUT2D eigenvalue weighted by Gasteiger charge is -2.20. The van der Waals surface area contributed by atoms with Gasteiger partial charge in [0.05, 0.1) is 0 Å². The highest BCUT2D eigenvalue weighted by Gasteiger charge is 2.08. The number of benzene rings is 1. The van der Waals surface area contributed by atoms with Crippen molar-refractivity contribution in [1.29, 1.82) is 0 Å². The molecule has 0 aliphatic heterocycles. The van der Waals surface area contributed by atoms with Gasteiger partial charge in [0.2, 0.25) is 5.88 Å². The first-order chi connectivity index (χ1) is 9.96. The molecule has 0 saturated carbocycles. The topological polar surface area (TPSA) is 34.1 Å². The van der Waals surface area contributed by atoms with Crippen molar-refractivity contribution in [3.8, 4) is 11.6 Å². The number of hydrogen-bond acceptors (Lipinski definition) is 4. The van der Waals surface area contributed by atoms with Gasteiger partial charge in [-0.3, -0.25) is 0 Å². The minimum Gasteiger partial charge on any atom is -0.439 e. The number of pyridine rings is 1. The predicted molar refractivity (Wildman–Crippen MR) is 89.1 cm³/mol. The monoisotopic (exact) mass is 302 g/mol. The minimum absolute atomic E-state index is 0.105. The summed E-state index contributed by atoms with van der Waals surface area (Å²) in [6.07, 6.45) is 3.91. The highest BCUT2D eigenvalue weighted by atomic mass is 32.2. The highest BCUT2D eigenvalue weighted by Crippen LogP contribution is 2.23. The van der Waals surface area contributed by atoms with Crippen LogP contribution in [0.4, 0.5) is 0 Å². The quantitative estimate of drug-likeness (QED) is 0.826. The third-order valence-electron chi connectivity index (χ3n) is 2.90. The Morgan fingerprint density at radius 3 is 2.33 bits per heavy atom. The van der Waals surface area contributed by atoms with Crippen molar-refractivity contribution >= 4 is 11.8 Å². The molecular weight excluding hydrogens is 280 g/mol. The molecule has 2 aromatic rings. The van der Waals surface area contributed by atoms with Crippen LogP contribution in [0.3, 0.4) is 0 Å². The van der Waals surface area contributed by atoms with E-state index in [1.54, 1.807) is 11.8 Å². The molecule has 3 nitrogen and oxygen atoms in total. The lowest BCUT2D eigenvalue weighted by atomic mass is 10.1. The molecule has 0 fully saturated rings. The fraction of sp³-hybridized carbons (Fsp3) is 0.353. The Bertz CT molecular complexity index is 559. The molecule has 1 aromatic carbocycles. The van der Waals surface area contributed by atoms with E-state index in [9.17, 15) is 0 Å². The smallest absolute Gasteiger partial charge is 0.219 e. The Balaban J connectivity index is 1.95. The van der Waals surface area contributed by atoms with Gasteiger partial charge in [0.1, 0.15) is 5.75 Å². The van der Waals surface area contributed by atoms with Crippen LogP contribution >= 0.6 is 11.8 Å². The van der Waals surface area contributed by atoms with E-state index in [1.807, 2.05) is 42.6 Å². The summed E-state index contributed by atoms with van der Waals surface area (Å²) in [7, 11) is 0. The number of aromatic nitrogens is 1. The van der Waals surface area contributed by atoms with Gasteiger partial charge in [-0.2, -0.15) is 0 Å². The first kappa shape index (κ1) is 15.9. The van der Waals surface area contributed by atoms with Gasteiger partial charge in [0, 0.05) is 29.2 Å². The average Bonchev–Trinajstić information content (AvgIpc) is 2.46. The number of rotatable bonds is 5. The van der Waals surface area contributed by atoms with E-state index >= 15 is 0 Å². The van der Waals surface area contributed by atoms with Gasteiger partial charge in [-0.25, -0.2) is 4.98 Å². The Morgan fingerprint density at radius 1 is 1.10 bits per heavy atom. The van der Waals surface area contributed by atoms with Gasteiger partial charge in [-0.15, -0.1) is 11.8 Å². The van der Waals surface area contributed by atoms with Gasteiger partial charge in [-0.1, -0.05) is 6.07 Å². The Hall–Kier alpha value is -1.52. The van der Waals surface area contributed by atoms with Gasteiger partial charge in [0.25, 0.3) is 0 Å². The van der Waals surface area contributed by atoms with Crippen LogP contribution in [0.25, 0.3) is 0 Å². The van der Waals surface area contributed by atoms with Gasteiger partial charge in [0.15, 0.2) is 0 Å². The maximum atomic E-state index is 5.74. The van der Waals surface area contributed by atoms with E-state index < -0.39 is 0 Å². The molecule has 1 heterocycles. The second-order valence-corrected chi connectivity index (χ2v) is 6.77. The summed E-state index contributed by atoms with van der Waals surface area (Å²) in [5.41, 5.74) is 1.25. The molecule has 0 aliphatic carbocycles. The molecular formula is C17H22N2OS. The normalized spacial score (nSPS) is 11.4. The molecule has 0 bridgehead atoms. The molecule has 0 amide bonds. The summed E-state index contributed by atoms with van der Waals surface area (Å²) in [5.74, 6) is 1.42. The number of nitrogens with one attached hydrogen (secondary N) is 1. The molecule has 2 rings (SSSR count). The lowest BCUT2D eigenvalue weighted by Crippen LogP contribution is -2.35. The van der Waals surface area contributed by atoms with Crippen LogP contribution in [0.2, 0.25) is 0 Å². The standard InChI is InChI=1S/C17H22N2OS/c1-17(2,3)19-12-13-5-10-16(18-11-13)20-14-6-8-15(21-4)9-7-14/h5-11,19H,12H2,1-4H3. The van der Waals surface area contributed by atoms with Crippen molar-refractivity contribution in [1.82, 2.24) is 10.3 Å². The SMILES string of the molecule is CSc1ccc(Oc2ccc(CNC(C)(C)C)cn2)cc1. The summed E-state index contributed by atoms with van der Waals surface area (Å²) in [4.78, 5) is 5.57. The van der Waals surface area contributed by atoms with Gasteiger partial charge >= 0.3 is 0 Å². The number of ether oxygens (including phenoxy) is 1. The summed E-state index contributed by atoms with van der Waals surface area (Å²) < 4.78 is 5.74. The molecule has 0 spiro atoms. The van der Waals surface area contributed by atoms with Crippen molar-refractivity contribution < 1.29 is 4.74 Å². The molecule has 0 unspecified atom stereocenters. The summed E-state index contributed by atoms with van der Waals surface area (Å²) in [6.45, 7) is 7.25. The van der Waals surface area contributed by atoms with E-state index in [1.165, 1.54) is 4.90 Å². The zero-order chi connectivity index (χ0) is 15.3. The van der Waals surface area contributed by atoms with Crippen LogP contribution in [-0.2, 0) is 6.54 Å². The summed E-state index contributed by atoms with van der Waals surface area (Å²) in [6, 6.07) is 12.0. The summed E-state index contributed by atoms with van der Waals surface area (Å²) >= 11 is 1.71. The second kappa shape index (κ2) is 6.96. The maximum absolute atomic E-state index is 5.74. The van der Waals surface area contributed by atoms with E-state index in [0.29, 0.717) is 5.88 Å². The zero-order valence-corrected chi connectivity index (χ0v) is 13.8. The van der Waals surface area contributed by atoms with Crippen LogP contribution in [-0.4, -0.2) is 16.8 Å². The maximum Gasteiger partial charge on any atom is 0.219 e. The summed E-state index contributed by atoms with van der Waals surface area (Å²) in [5, 5.41) is 3.44. The van der Waals surface area contributed by atoms with Crippen LogP contribution in [0.5, 0.6) is 11.6 Å². The van der Waals surface area contributed by atoms with Gasteiger partial charge in [-0.05, 0) is 56.9 Å².